The maximum atomic E-state index is 4.21. The zero-order valence-corrected chi connectivity index (χ0v) is 22.6. The average molecular weight is 448 g/mol. The highest BCUT2D eigenvalue weighted by atomic mass is 15.6. The van der Waals surface area contributed by atoms with Gasteiger partial charge in [0.15, 0.2) is 0 Å². The molecule has 0 aromatic rings. The van der Waals surface area contributed by atoms with Crippen LogP contribution >= 0.6 is 0 Å². The Bertz CT molecular complexity index is 573. The summed E-state index contributed by atoms with van der Waals surface area (Å²) in [6.07, 6.45) is 11.7. The fraction of sp³-hybridized carbons (Fsp3) is 0.704. The molecule has 186 valence electrons. The van der Waals surface area contributed by atoms with Crippen molar-refractivity contribution in [2.45, 2.75) is 99.0 Å². The number of unbranched alkanes of at least 4 members (excludes halogenated alkanes) is 2. The molecule has 0 aromatic carbocycles. The third kappa shape index (κ3) is 19.9. The fourth-order valence-electron chi connectivity index (χ4n) is 2.18. The molecule has 0 radical (unpaired) electrons. The summed E-state index contributed by atoms with van der Waals surface area (Å²) < 4.78 is 0. The Labute approximate surface area is 200 Å². The van der Waals surface area contributed by atoms with Crippen molar-refractivity contribution in [3.8, 4) is 0 Å². The van der Waals surface area contributed by atoms with E-state index in [0.29, 0.717) is 0 Å². The van der Waals surface area contributed by atoms with E-state index in [9.17, 15) is 0 Å². The summed E-state index contributed by atoms with van der Waals surface area (Å²) in [6.45, 7) is 28.8. The molecule has 2 N–H and O–H groups in total. The Hall–Kier alpha value is -2.04. The van der Waals surface area contributed by atoms with Crippen molar-refractivity contribution in [1.82, 2.24) is 15.6 Å². The molecule has 0 heterocycles. The molecular formula is C27H53N5. The van der Waals surface area contributed by atoms with Crippen molar-refractivity contribution in [1.29, 1.82) is 0 Å². The van der Waals surface area contributed by atoms with Gasteiger partial charge < -0.3 is 10.6 Å². The van der Waals surface area contributed by atoms with E-state index >= 15 is 0 Å². The first kappa shape index (κ1) is 32.1. The van der Waals surface area contributed by atoms with Gasteiger partial charge in [-0.2, -0.15) is 5.11 Å². The predicted molar refractivity (Wildman–Crippen MR) is 143 cm³/mol. The van der Waals surface area contributed by atoms with Crippen LogP contribution in [0.4, 0.5) is 0 Å². The Morgan fingerprint density at radius 2 is 1.66 bits per heavy atom. The largest absolute Gasteiger partial charge is 0.387 e. The monoisotopic (exact) mass is 447 g/mol. The van der Waals surface area contributed by atoms with Crippen LogP contribution in [0.1, 0.15) is 93.4 Å². The van der Waals surface area contributed by atoms with E-state index in [-0.39, 0.29) is 5.54 Å². The third-order valence-corrected chi connectivity index (χ3v) is 5.31. The van der Waals surface area contributed by atoms with E-state index in [1.807, 2.05) is 18.1 Å². The fourth-order valence-corrected chi connectivity index (χ4v) is 2.18. The Balaban J connectivity index is 0. The van der Waals surface area contributed by atoms with E-state index < -0.39 is 0 Å². The second-order valence-electron chi connectivity index (χ2n) is 9.43. The number of hydrogen-bond acceptors (Lipinski definition) is 4. The third-order valence-electron chi connectivity index (χ3n) is 5.31. The predicted octanol–water partition coefficient (Wildman–Crippen LogP) is 7.77. The molecule has 0 fully saturated rings. The Morgan fingerprint density at radius 1 is 1.03 bits per heavy atom. The zero-order valence-electron chi connectivity index (χ0n) is 22.6. The average Bonchev–Trinajstić information content (AvgIpc) is 2.74. The van der Waals surface area contributed by atoms with Crippen molar-refractivity contribution in [2.75, 3.05) is 20.1 Å². The van der Waals surface area contributed by atoms with Gasteiger partial charge in [0.1, 0.15) is 0 Å². The Kier molecular flexibility index (Phi) is 19.7. The van der Waals surface area contributed by atoms with E-state index in [0.717, 1.165) is 68.9 Å². The second-order valence-corrected chi connectivity index (χ2v) is 9.43. The molecule has 32 heavy (non-hydrogen) atoms. The van der Waals surface area contributed by atoms with Gasteiger partial charge in [0.25, 0.3) is 0 Å². The lowest BCUT2D eigenvalue weighted by atomic mass is 10.0. The minimum absolute atomic E-state index is 0.0172. The van der Waals surface area contributed by atoms with Crippen LogP contribution < -0.4 is 10.6 Å². The molecule has 0 bridgehead atoms. The summed E-state index contributed by atoms with van der Waals surface area (Å²) in [5.74, 6) is 0.884. The highest BCUT2D eigenvalue weighted by Gasteiger charge is 2.21. The van der Waals surface area contributed by atoms with Crippen molar-refractivity contribution in [3.63, 3.8) is 0 Å². The van der Waals surface area contributed by atoms with Crippen molar-refractivity contribution >= 4 is 0 Å². The van der Waals surface area contributed by atoms with Crippen molar-refractivity contribution in [3.05, 3.63) is 49.0 Å². The van der Waals surface area contributed by atoms with Crippen LogP contribution in [-0.2, 0) is 0 Å². The summed E-state index contributed by atoms with van der Waals surface area (Å²) in [6, 6.07) is 0. The molecule has 0 atom stereocenters. The molecule has 0 aromatic heterocycles. The molecular weight excluding hydrogens is 394 g/mol. The molecule has 5 nitrogen and oxygen atoms in total. The van der Waals surface area contributed by atoms with E-state index in [2.05, 4.69) is 88.3 Å². The van der Waals surface area contributed by atoms with Gasteiger partial charge >= 0.3 is 0 Å². The summed E-state index contributed by atoms with van der Waals surface area (Å²) in [7, 11) is 1.70. The molecule has 0 saturated heterocycles. The van der Waals surface area contributed by atoms with Gasteiger partial charge in [0, 0.05) is 24.1 Å². The van der Waals surface area contributed by atoms with Gasteiger partial charge in [-0.25, -0.2) is 5.01 Å². The number of nitrogens with one attached hydrogen (secondary N) is 2. The van der Waals surface area contributed by atoms with E-state index in [1.165, 1.54) is 12.0 Å². The highest BCUT2D eigenvalue weighted by molar-refractivity contribution is 5.03. The molecule has 0 spiro atoms. The van der Waals surface area contributed by atoms with Crippen molar-refractivity contribution in [2.24, 2.45) is 16.3 Å². The minimum atomic E-state index is -0.0172. The lowest BCUT2D eigenvalue weighted by Crippen LogP contribution is -2.35. The normalized spacial score (nSPS) is 11.4. The molecule has 0 aliphatic carbocycles. The van der Waals surface area contributed by atoms with Crippen LogP contribution in [0.15, 0.2) is 59.3 Å². The van der Waals surface area contributed by atoms with E-state index in [1.54, 1.807) is 7.05 Å². The first-order valence-corrected chi connectivity index (χ1v) is 12.2. The van der Waals surface area contributed by atoms with Gasteiger partial charge in [-0.05, 0) is 65.2 Å². The smallest absolute Gasteiger partial charge is 0.0585 e. The second kappa shape index (κ2) is 19.6. The lowest BCUT2D eigenvalue weighted by molar-refractivity contribution is 0.172. The van der Waals surface area contributed by atoms with Crippen LogP contribution in [0, 0.1) is 5.92 Å². The van der Waals surface area contributed by atoms with E-state index in [4.69, 9.17) is 0 Å². The minimum Gasteiger partial charge on any atom is -0.387 e. The topological polar surface area (TPSA) is 52.0 Å². The standard InChI is InChI=1S/C22H41N5.C5H12/c1-9-22(6,7)27(26-23-8)17-13-11-10-12-16-24-21(5)18-25-20(4)15-14-19(2)3;1-4-5(2)3/h13,17,24-25H,2,4-5,9-12,14-16,18H2,1,3,6-8H3;5H,4H2,1-3H3. The molecule has 0 unspecified atom stereocenters. The summed E-state index contributed by atoms with van der Waals surface area (Å²) in [4.78, 5) is 0. The maximum Gasteiger partial charge on any atom is 0.0585 e. The number of rotatable bonds is 17. The molecule has 0 rings (SSSR count). The van der Waals surface area contributed by atoms with Gasteiger partial charge in [-0.3, -0.25) is 0 Å². The van der Waals surface area contributed by atoms with Crippen LogP contribution in [0.2, 0.25) is 0 Å². The zero-order chi connectivity index (χ0) is 25.0. The summed E-state index contributed by atoms with van der Waals surface area (Å²) >= 11 is 0. The summed E-state index contributed by atoms with van der Waals surface area (Å²) in [5.41, 5.74) is 3.20. The Morgan fingerprint density at radius 3 is 2.16 bits per heavy atom. The molecule has 0 amide bonds. The molecule has 5 heteroatoms. The van der Waals surface area contributed by atoms with Crippen molar-refractivity contribution < 1.29 is 0 Å². The summed E-state index contributed by atoms with van der Waals surface area (Å²) in [5, 5.41) is 16.7. The number of hydrogen-bond donors (Lipinski definition) is 2. The number of allylic oxidation sites excluding steroid dienone is 3. The first-order chi connectivity index (χ1) is 15.0. The SMILES string of the molecule is C=C(C)CCC(=C)NCC(=C)NCCCCC=CN(N=NC)C(C)(C)CC.CCC(C)C. The van der Waals surface area contributed by atoms with Gasteiger partial charge in [-0.1, -0.05) is 64.1 Å². The van der Waals surface area contributed by atoms with Gasteiger partial charge in [0.05, 0.1) is 19.1 Å². The van der Waals surface area contributed by atoms with Crippen LogP contribution in [0.25, 0.3) is 0 Å². The molecule has 0 saturated carbocycles. The lowest BCUT2D eigenvalue weighted by Gasteiger charge is -2.31. The highest BCUT2D eigenvalue weighted by Crippen LogP contribution is 2.19. The molecule has 0 aliphatic rings. The maximum absolute atomic E-state index is 4.21. The van der Waals surface area contributed by atoms with Crippen LogP contribution in [0.3, 0.4) is 0 Å². The number of nitrogens with zero attached hydrogens (tertiary/aromatic N) is 3. The molecule has 0 aliphatic heterocycles. The first-order valence-electron chi connectivity index (χ1n) is 12.2. The van der Waals surface area contributed by atoms with Gasteiger partial charge in [0.2, 0.25) is 0 Å². The van der Waals surface area contributed by atoms with Crippen LogP contribution in [0.5, 0.6) is 0 Å². The van der Waals surface area contributed by atoms with Crippen LogP contribution in [-0.4, -0.2) is 30.7 Å². The quantitative estimate of drug-likeness (QED) is 0.104. The van der Waals surface area contributed by atoms with Gasteiger partial charge in [-0.15, -0.1) is 6.58 Å².